The summed E-state index contributed by atoms with van der Waals surface area (Å²) in [5.74, 6) is 0.779. The van der Waals surface area contributed by atoms with E-state index in [9.17, 15) is 0 Å². The van der Waals surface area contributed by atoms with Gasteiger partial charge in [-0.1, -0.05) is 13.8 Å². The molecule has 2 unspecified atom stereocenters. The van der Waals surface area contributed by atoms with Gasteiger partial charge in [0.1, 0.15) is 0 Å². The van der Waals surface area contributed by atoms with Crippen molar-refractivity contribution in [3.63, 3.8) is 0 Å². The second-order valence-electron chi connectivity index (χ2n) is 5.81. The molecule has 3 heteroatoms. The molecule has 1 aliphatic rings. The van der Waals surface area contributed by atoms with Crippen LogP contribution in [0, 0.1) is 11.3 Å². The molecule has 0 aromatic heterocycles. The Morgan fingerprint density at radius 3 is 2.69 bits per heavy atom. The fraction of sp³-hybridized carbons (Fsp3) is 1.00. The largest absolute Gasteiger partial charge is 0.383 e. The average Bonchev–Trinajstić information content (AvgIpc) is 2.50. The van der Waals surface area contributed by atoms with Gasteiger partial charge in [0.2, 0.25) is 0 Å². The zero-order chi connectivity index (χ0) is 12.2. The van der Waals surface area contributed by atoms with E-state index in [1.165, 1.54) is 19.4 Å². The fourth-order valence-electron chi connectivity index (χ4n) is 3.08. The Kier molecular flexibility index (Phi) is 5.22. The summed E-state index contributed by atoms with van der Waals surface area (Å²) in [5, 5.41) is 3.51. The maximum atomic E-state index is 5.11. The van der Waals surface area contributed by atoms with E-state index >= 15 is 0 Å². The molecule has 1 N–H and O–H groups in total. The molecule has 3 nitrogen and oxygen atoms in total. The van der Waals surface area contributed by atoms with E-state index < -0.39 is 0 Å². The van der Waals surface area contributed by atoms with Crippen LogP contribution < -0.4 is 5.32 Å². The van der Waals surface area contributed by atoms with Crippen molar-refractivity contribution in [3.8, 4) is 0 Å². The first-order valence-corrected chi connectivity index (χ1v) is 6.36. The normalized spacial score (nSPS) is 28.9. The van der Waals surface area contributed by atoms with Crippen LogP contribution in [0.1, 0.15) is 26.7 Å². The van der Waals surface area contributed by atoms with E-state index in [2.05, 4.69) is 38.2 Å². The van der Waals surface area contributed by atoms with Crippen molar-refractivity contribution < 1.29 is 4.74 Å². The van der Waals surface area contributed by atoms with Gasteiger partial charge in [-0.05, 0) is 38.3 Å². The van der Waals surface area contributed by atoms with Gasteiger partial charge in [0.05, 0.1) is 6.61 Å². The highest BCUT2D eigenvalue weighted by Crippen LogP contribution is 2.41. The molecule has 0 saturated heterocycles. The first kappa shape index (κ1) is 13.9. The topological polar surface area (TPSA) is 24.5 Å². The van der Waals surface area contributed by atoms with Crippen LogP contribution in [0.5, 0.6) is 0 Å². The summed E-state index contributed by atoms with van der Waals surface area (Å²) in [6.07, 6.45) is 2.68. The first-order valence-electron chi connectivity index (χ1n) is 6.36. The molecule has 0 aromatic carbocycles. The molecule has 0 radical (unpaired) electrons. The Bertz CT molecular complexity index is 206. The van der Waals surface area contributed by atoms with Crippen LogP contribution in [0.15, 0.2) is 0 Å². The maximum absolute atomic E-state index is 5.11. The van der Waals surface area contributed by atoms with Gasteiger partial charge in [-0.15, -0.1) is 0 Å². The van der Waals surface area contributed by atoms with E-state index in [1.54, 1.807) is 7.11 Å². The number of nitrogens with one attached hydrogen (secondary N) is 1. The van der Waals surface area contributed by atoms with Gasteiger partial charge >= 0.3 is 0 Å². The van der Waals surface area contributed by atoms with Crippen molar-refractivity contribution in [1.82, 2.24) is 10.2 Å². The zero-order valence-corrected chi connectivity index (χ0v) is 11.5. The first-order chi connectivity index (χ1) is 7.51. The van der Waals surface area contributed by atoms with Gasteiger partial charge in [-0.2, -0.15) is 0 Å². The summed E-state index contributed by atoms with van der Waals surface area (Å²) in [6, 6.07) is 0.650. The highest BCUT2D eigenvalue weighted by atomic mass is 16.5. The number of nitrogens with zero attached hydrogens (tertiary/aromatic N) is 1. The Labute approximate surface area is 101 Å². The van der Waals surface area contributed by atoms with Crippen LogP contribution in [0.2, 0.25) is 0 Å². The van der Waals surface area contributed by atoms with E-state index in [1.807, 2.05) is 0 Å². The van der Waals surface area contributed by atoms with Gasteiger partial charge < -0.3 is 15.0 Å². The van der Waals surface area contributed by atoms with Crippen LogP contribution in [-0.4, -0.2) is 51.8 Å². The van der Waals surface area contributed by atoms with Crippen LogP contribution >= 0.6 is 0 Å². The lowest BCUT2D eigenvalue weighted by Crippen LogP contribution is -2.43. The molecule has 1 rings (SSSR count). The summed E-state index contributed by atoms with van der Waals surface area (Å²) in [4.78, 5) is 2.39. The van der Waals surface area contributed by atoms with Gasteiger partial charge in [0.25, 0.3) is 0 Å². The Morgan fingerprint density at radius 2 is 2.12 bits per heavy atom. The lowest BCUT2D eigenvalue weighted by Gasteiger charge is -2.32. The lowest BCUT2D eigenvalue weighted by atomic mass is 9.85. The smallest absolute Gasteiger partial charge is 0.0589 e. The van der Waals surface area contributed by atoms with E-state index in [0.717, 1.165) is 19.1 Å². The molecule has 1 aliphatic carbocycles. The van der Waals surface area contributed by atoms with Gasteiger partial charge in [-0.3, -0.25) is 0 Å². The number of hydrogen-bond donors (Lipinski definition) is 1. The highest BCUT2D eigenvalue weighted by Gasteiger charge is 2.40. The van der Waals surface area contributed by atoms with Crippen molar-refractivity contribution in [2.45, 2.75) is 32.7 Å². The molecule has 0 heterocycles. The Balaban J connectivity index is 2.42. The Morgan fingerprint density at radius 1 is 1.44 bits per heavy atom. The van der Waals surface area contributed by atoms with Crippen molar-refractivity contribution in [2.24, 2.45) is 11.3 Å². The SMILES string of the molecule is CNC1C(CN(C)CCOC)CCC1(C)C. The quantitative estimate of drug-likeness (QED) is 0.747. The van der Waals surface area contributed by atoms with Crippen LogP contribution in [0.3, 0.4) is 0 Å². The summed E-state index contributed by atoms with van der Waals surface area (Å²) < 4.78 is 5.11. The molecule has 96 valence electrons. The van der Waals surface area contributed by atoms with Crippen molar-refractivity contribution in [3.05, 3.63) is 0 Å². The predicted octanol–water partition coefficient (Wildman–Crippen LogP) is 1.59. The third kappa shape index (κ3) is 3.44. The number of methoxy groups -OCH3 is 1. The standard InChI is InChI=1S/C13H28N2O/c1-13(2)7-6-11(12(13)14-3)10-15(4)8-9-16-5/h11-12,14H,6-10H2,1-5H3. The molecule has 1 fully saturated rings. The number of hydrogen-bond acceptors (Lipinski definition) is 3. The third-order valence-corrected chi connectivity index (χ3v) is 4.01. The van der Waals surface area contributed by atoms with Crippen LogP contribution in [-0.2, 0) is 4.74 Å². The molecule has 1 saturated carbocycles. The molecular formula is C13H28N2O. The summed E-state index contributed by atoms with van der Waals surface area (Å²) in [6.45, 7) is 7.80. The van der Waals surface area contributed by atoms with E-state index in [4.69, 9.17) is 4.74 Å². The summed E-state index contributed by atoms with van der Waals surface area (Å²) in [7, 11) is 6.06. The molecule has 0 amide bonds. The summed E-state index contributed by atoms with van der Waals surface area (Å²) >= 11 is 0. The van der Waals surface area contributed by atoms with Gasteiger partial charge in [0.15, 0.2) is 0 Å². The molecule has 0 aliphatic heterocycles. The third-order valence-electron chi connectivity index (χ3n) is 4.01. The molecule has 0 aromatic rings. The number of ether oxygens (including phenoxy) is 1. The molecule has 0 bridgehead atoms. The van der Waals surface area contributed by atoms with Crippen LogP contribution in [0.25, 0.3) is 0 Å². The molecular weight excluding hydrogens is 200 g/mol. The van der Waals surface area contributed by atoms with Crippen molar-refractivity contribution in [1.29, 1.82) is 0 Å². The average molecular weight is 228 g/mol. The minimum absolute atomic E-state index is 0.446. The fourth-order valence-corrected chi connectivity index (χ4v) is 3.08. The van der Waals surface area contributed by atoms with Crippen LogP contribution in [0.4, 0.5) is 0 Å². The molecule has 2 atom stereocenters. The second-order valence-corrected chi connectivity index (χ2v) is 5.81. The molecule has 0 spiro atoms. The lowest BCUT2D eigenvalue weighted by molar-refractivity contribution is 0.144. The van der Waals surface area contributed by atoms with E-state index in [0.29, 0.717) is 11.5 Å². The zero-order valence-electron chi connectivity index (χ0n) is 11.5. The number of rotatable bonds is 6. The minimum Gasteiger partial charge on any atom is -0.383 e. The van der Waals surface area contributed by atoms with Gasteiger partial charge in [0, 0.05) is 26.2 Å². The molecule has 16 heavy (non-hydrogen) atoms. The predicted molar refractivity (Wildman–Crippen MR) is 68.7 cm³/mol. The van der Waals surface area contributed by atoms with Gasteiger partial charge in [-0.25, -0.2) is 0 Å². The Hall–Kier alpha value is -0.120. The number of likely N-dealkylation sites (N-methyl/N-ethyl adjacent to an activating group) is 1. The highest BCUT2D eigenvalue weighted by molar-refractivity contribution is 4.96. The summed E-state index contributed by atoms with van der Waals surface area (Å²) in [5.41, 5.74) is 0.446. The maximum Gasteiger partial charge on any atom is 0.0589 e. The second kappa shape index (κ2) is 5.99. The van der Waals surface area contributed by atoms with Crippen molar-refractivity contribution in [2.75, 3.05) is 40.9 Å². The minimum atomic E-state index is 0.446. The monoisotopic (exact) mass is 228 g/mol. The van der Waals surface area contributed by atoms with Crippen molar-refractivity contribution >= 4 is 0 Å². The van der Waals surface area contributed by atoms with E-state index in [-0.39, 0.29) is 0 Å².